The standard InChI is InChI=1S/C21H16F3N5O/c1-13-4-6-15(7-5-13)17-9-18(21(22,23)24)29-19(28-17)16(12-27-29)20(30)26-11-14-3-2-8-25-10-14/h2-10,12H,11H2,1H3,(H,26,30). The van der Waals surface area contributed by atoms with E-state index in [0.29, 0.717) is 10.1 Å². The molecule has 0 atom stereocenters. The quantitative estimate of drug-likeness (QED) is 0.550. The molecule has 0 bridgehead atoms. The van der Waals surface area contributed by atoms with Gasteiger partial charge in [-0.2, -0.15) is 18.3 Å². The molecule has 0 saturated carbocycles. The number of hydrogen-bond donors (Lipinski definition) is 1. The molecule has 3 heterocycles. The number of aryl methyl sites for hydroxylation is 1. The molecule has 1 N–H and O–H groups in total. The van der Waals surface area contributed by atoms with Crippen LogP contribution in [0.4, 0.5) is 13.2 Å². The number of benzene rings is 1. The number of pyridine rings is 1. The summed E-state index contributed by atoms with van der Waals surface area (Å²) in [6, 6.07) is 11.4. The number of aromatic nitrogens is 4. The average Bonchev–Trinajstić information content (AvgIpc) is 3.16. The van der Waals surface area contributed by atoms with Crippen LogP contribution in [0.1, 0.15) is 27.2 Å². The third-order valence-corrected chi connectivity index (χ3v) is 4.53. The molecule has 0 radical (unpaired) electrons. The van der Waals surface area contributed by atoms with Crippen molar-refractivity contribution in [3.05, 3.63) is 83.4 Å². The van der Waals surface area contributed by atoms with E-state index < -0.39 is 17.8 Å². The largest absolute Gasteiger partial charge is 0.433 e. The van der Waals surface area contributed by atoms with Crippen LogP contribution in [-0.4, -0.2) is 25.5 Å². The highest BCUT2D eigenvalue weighted by Crippen LogP contribution is 2.32. The van der Waals surface area contributed by atoms with Crippen LogP contribution in [0, 0.1) is 6.92 Å². The van der Waals surface area contributed by atoms with Crippen LogP contribution in [-0.2, 0) is 12.7 Å². The van der Waals surface area contributed by atoms with Crippen LogP contribution < -0.4 is 5.32 Å². The van der Waals surface area contributed by atoms with Gasteiger partial charge < -0.3 is 5.32 Å². The van der Waals surface area contributed by atoms with E-state index in [1.165, 1.54) is 0 Å². The molecular weight excluding hydrogens is 395 g/mol. The minimum atomic E-state index is -4.67. The normalized spacial score (nSPS) is 11.6. The Morgan fingerprint density at radius 1 is 1.13 bits per heavy atom. The highest BCUT2D eigenvalue weighted by molar-refractivity contribution is 5.99. The van der Waals surface area contributed by atoms with E-state index in [1.54, 1.807) is 48.8 Å². The molecule has 0 spiro atoms. The minimum Gasteiger partial charge on any atom is -0.348 e. The van der Waals surface area contributed by atoms with Crippen LogP contribution >= 0.6 is 0 Å². The van der Waals surface area contributed by atoms with Crippen LogP contribution in [0.5, 0.6) is 0 Å². The Kier molecular flexibility index (Phi) is 4.94. The van der Waals surface area contributed by atoms with Gasteiger partial charge in [0, 0.05) is 24.5 Å². The number of carbonyl (C=O) groups is 1. The van der Waals surface area contributed by atoms with Crippen LogP contribution in [0.25, 0.3) is 16.9 Å². The van der Waals surface area contributed by atoms with Gasteiger partial charge in [0.05, 0.1) is 11.9 Å². The van der Waals surface area contributed by atoms with Crippen molar-refractivity contribution in [3.8, 4) is 11.3 Å². The molecular formula is C21H16F3N5O. The highest BCUT2D eigenvalue weighted by atomic mass is 19.4. The lowest BCUT2D eigenvalue weighted by Crippen LogP contribution is -2.23. The number of nitrogens with one attached hydrogen (secondary N) is 1. The molecule has 152 valence electrons. The number of nitrogens with zero attached hydrogens (tertiary/aromatic N) is 4. The summed E-state index contributed by atoms with van der Waals surface area (Å²) in [6.07, 6.45) is -0.386. The fourth-order valence-corrected chi connectivity index (χ4v) is 2.98. The molecule has 0 unspecified atom stereocenters. The first-order valence-corrected chi connectivity index (χ1v) is 9.03. The van der Waals surface area contributed by atoms with Crippen molar-refractivity contribution in [1.29, 1.82) is 0 Å². The fourth-order valence-electron chi connectivity index (χ4n) is 2.98. The predicted octanol–water partition coefficient (Wildman–Crippen LogP) is 4.05. The van der Waals surface area contributed by atoms with Crippen molar-refractivity contribution < 1.29 is 18.0 Å². The Morgan fingerprint density at radius 3 is 2.57 bits per heavy atom. The SMILES string of the molecule is Cc1ccc(-c2cc(C(F)(F)F)n3ncc(C(=O)NCc4cccnc4)c3n2)cc1. The van der Waals surface area contributed by atoms with E-state index in [0.717, 1.165) is 23.4 Å². The molecule has 0 aliphatic rings. The van der Waals surface area contributed by atoms with E-state index in [9.17, 15) is 18.0 Å². The number of carbonyl (C=O) groups excluding carboxylic acids is 1. The van der Waals surface area contributed by atoms with E-state index in [4.69, 9.17) is 0 Å². The number of amides is 1. The van der Waals surface area contributed by atoms with Gasteiger partial charge in [-0.05, 0) is 24.6 Å². The summed E-state index contributed by atoms with van der Waals surface area (Å²) in [5.74, 6) is -0.574. The van der Waals surface area contributed by atoms with Gasteiger partial charge in [0.25, 0.3) is 5.91 Å². The van der Waals surface area contributed by atoms with Gasteiger partial charge in [0.1, 0.15) is 5.56 Å². The Labute approximate surface area is 169 Å². The maximum atomic E-state index is 13.7. The summed E-state index contributed by atoms with van der Waals surface area (Å²) in [5.41, 5.74) is 1.13. The molecule has 1 aromatic carbocycles. The molecule has 4 aromatic rings. The third-order valence-electron chi connectivity index (χ3n) is 4.53. The Bertz CT molecular complexity index is 1200. The Balaban J connectivity index is 1.76. The van der Waals surface area contributed by atoms with Crippen molar-refractivity contribution in [2.24, 2.45) is 0 Å². The molecule has 3 aromatic heterocycles. The van der Waals surface area contributed by atoms with Crippen LogP contribution in [0.3, 0.4) is 0 Å². The second-order valence-electron chi connectivity index (χ2n) is 6.73. The number of alkyl halides is 3. The van der Waals surface area contributed by atoms with Gasteiger partial charge in [-0.3, -0.25) is 9.78 Å². The highest BCUT2D eigenvalue weighted by Gasteiger charge is 2.36. The molecule has 6 nitrogen and oxygen atoms in total. The molecule has 0 aliphatic heterocycles. The molecule has 0 saturated heterocycles. The molecule has 0 fully saturated rings. The van der Waals surface area contributed by atoms with Gasteiger partial charge in [-0.1, -0.05) is 35.9 Å². The summed E-state index contributed by atoms with van der Waals surface area (Å²) in [6.45, 7) is 2.05. The number of hydrogen-bond acceptors (Lipinski definition) is 4. The van der Waals surface area contributed by atoms with E-state index in [-0.39, 0.29) is 23.4 Å². The second kappa shape index (κ2) is 7.58. The predicted molar refractivity (Wildman–Crippen MR) is 104 cm³/mol. The van der Waals surface area contributed by atoms with Crippen molar-refractivity contribution in [3.63, 3.8) is 0 Å². The number of fused-ring (bicyclic) bond motifs is 1. The molecule has 30 heavy (non-hydrogen) atoms. The van der Waals surface area contributed by atoms with Gasteiger partial charge in [-0.25, -0.2) is 9.50 Å². The van der Waals surface area contributed by atoms with Crippen molar-refractivity contribution in [2.75, 3.05) is 0 Å². The monoisotopic (exact) mass is 411 g/mol. The van der Waals surface area contributed by atoms with Crippen LogP contribution in [0.15, 0.2) is 61.1 Å². The summed E-state index contributed by atoms with van der Waals surface area (Å²) < 4.78 is 41.6. The van der Waals surface area contributed by atoms with Crippen LogP contribution in [0.2, 0.25) is 0 Å². The summed E-state index contributed by atoms with van der Waals surface area (Å²) >= 11 is 0. The molecule has 9 heteroatoms. The zero-order valence-corrected chi connectivity index (χ0v) is 15.8. The zero-order chi connectivity index (χ0) is 21.3. The average molecular weight is 411 g/mol. The molecule has 4 rings (SSSR count). The van der Waals surface area contributed by atoms with Gasteiger partial charge >= 0.3 is 6.18 Å². The zero-order valence-electron chi connectivity index (χ0n) is 15.8. The minimum absolute atomic E-state index is 0.0432. The number of rotatable bonds is 4. The summed E-state index contributed by atoms with van der Waals surface area (Å²) in [5, 5.41) is 6.44. The lowest BCUT2D eigenvalue weighted by atomic mass is 10.1. The molecule has 1 amide bonds. The van der Waals surface area contributed by atoms with E-state index in [1.807, 2.05) is 6.92 Å². The van der Waals surface area contributed by atoms with E-state index in [2.05, 4.69) is 20.4 Å². The summed E-state index contributed by atoms with van der Waals surface area (Å²) in [7, 11) is 0. The Morgan fingerprint density at radius 2 is 1.90 bits per heavy atom. The smallest absolute Gasteiger partial charge is 0.348 e. The van der Waals surface area contributed by atoms with Crippen molar-refractivity contribution >= 4 is 11.6 Å². The van der Waals surface area contributed by atoms with Gasteiger partial charge in [-0.15, -0.1) is 0 Å². The first-order chi connectivity index (χ1) is 14.3. The number of halogens is 3. The van der Waals surface area contributed by atoms with Crippen molar-refractivity contribution in [2.45, 2.75) is 19.6 Å². The van der Waals surface area contributed by atoms with Crippen molar-refractivity contribution in [1.82, 2.24) is 24.9 Å². The van der Waals surface area contributed by atoms with E-state index >= 15 is 0 Å². The lowest BCUT2D eigenvalue weighted by Gasteiger charge is -2.12. The fraction of sp³-hybridized carbons (Fsp3) is 0.143. The lowest BCUT2D eigenvalue weighted by molar-refractivity contribution is -0.142. The first kappa shape index (κ1) is 19.6. The molecule has 0 aliphatic carbocycles. The second-order valence-corrected chi connectivity index (χ2v) is 6.73. The summed E-state index contributed by atoms with van der Waals surface area (Å²) in [4.78, 5) is 20.9. The third kappa shape index (κ3) is 3.86. The van der Waals surface area contributed by atoms with Gasteiger partial charge in [0.2, 0.25) is 0 Å². The Hall–Kier alpha value is -3.75. The maximum absolute atomic E-state index is 13.7. The van der Waals surface area contributed by atoms with Gasteiger partial charge in [0.15, 0.2) is 11.3 Å². The first-order valence-electron chi connectivity index (χ1n) is 9.03. The maximum Gasteiger partial charge on any atom is 0.433 e. The topological polar surface area (TPSA) is 72.2 Å².